The number of urea groups is 1. The number of nitrogens with zero attached hydrogens (tertiary/aromatic N) is 3. The second-order valence-electron chi connectivity index (χ2n) is 6.30. The van der Waals surface area contributed by atoms with Gasteiger partial charge in [0.2, 0.25) is 0 Å². The fourth-order valence-corrected chi connectivity index (χ4v) is 3.37. The van der Waals surface area contributed by atoms with Gasteiger partial charge < -0.3 is 15.1 Å². The zero-order chi connectivity index (χ0) is 15.2. The number of rotatable bonds is 2. The van der Waals surface area contributed by atoms with Gasteiger partial charge in [-0.05, 0) is 25.0 Å². The molecule has 5 nitrogen and oxygen atoms in total. The van der Waals surface area contributed by atoms with Crippen LogP contribution in [0.2, 0.25) is 0 Å². The summed E-state index contributed by atoms with van der Waals surface area (Å²) in [5.41, 5.74) is 0. The van der Waals surface area contributed by atoms with Gasteiger partial charge in [0.15, 0.2) is 0 Å². The summed E-state index contributed by atoms with van der Waals surface area (Å²) in [6, 6.07) is 6.46. The van der Waals surface area contributed by atoms with E-state index in [9.17, 15) is 4.79 Å². The Bertz CT molecular complexity index is 463. The van der Waals surface area contributed by atoms with Crippen molar-refractivity contribution in [3.63, 3.8) is 0 Å². The molecule has 1 aliphatic heterocycles. The van der Waals surface area contributed by atoms with E-state index < -0.39 is 0 Å². The minimum absolute atomic E-state index is 0.118. The molecular formula is C17H26N4O. The lowest BCUT2D eigenvalue weighted by molar-refractivity contribution is 0.189. The van der Waals surface area contributed by atoms with E-state index in [0.717, 1.165) is 44.8 Å². The monoisotopic (exact) mass is 302 g/mol. The molecule has 120 valence electrons. The molecule has 0 unspecified atom stereocenters. The van der Waals surface area contributed by atoms with E-state index in [1.165, 1.54) is 25.7 Å². The van der Waals surface area contributed by atoms with Crippen LogP contribution < -0.4 is 10.2 Å². The Kier molecular flexibility index (Phi) is 5.14. The van der Waals surface area contributed by atoms with Crippen LogP contribution in [0.3, 0.4) is 0 Å². The lowest BCUT2D eigenvalue weighted by Crippen LogP contribution is -2.53. The number of carbonyl (C=O) groups is 1. The summed E-state index contributed by atoms with van der Waals surface area (Å²) < 4.78 is 0. The lowest BCUT2D eigenvalue weighted by atomic mass is 10.1. The summed E-state index contributed by atoms with van der Waals surface area (Å²) in [5.74, 6) is 1.01. The van der Waals surface area contributed by atoms with Gasteiger partial charge in [-0.1, -0.05) is 31.7 Å². The minimum Gasteiger partial charge on any atom is -0.353 e. The summed E-state index contributed by atoms with van der Waals surface area (Å²) in [5, 5.41) is 3.24. The molecule has 2 aliphatic rings. The van der Waals surface area contributed by atoms with Gasteiger partial charge in [-0.15, -0.1) is 0 Å². The van der Waals surface area contributed by atoms with Gasteiger partial charge in [-0.25, -0.2) is 9.78 Å². The molecule has 22 heavy (non-hydrogen) atoms. The van der Waals surface area contributed by atoms with Crippen molar-refractivity contribution in [1.29, 1.82) is 0 Å². The molecule has 0 spiro atoms. The first kappa shape index (κ1) is 15.1. The van der Waals surface area contributed by atoms with Crippen molar-refractivity contribution in [1.82, 2.24) is 15.2 Å². The number of piperazine rings is 1. The molecule has 2 fully saturated rings. The van der Waals surface area contributed by atoms with Gasteiger partial charge in [-0.3, -0.25) is 0 Å². The van der Waals surface area contributed by atoms with Crippen LogP contribution in [0.5, 0.6) is 0 Å². The van der Waals surface area contributed by atoms with Gasteiger partial charge >= 0.3 is 6.03 Å². The molecule has 5 heteroatoms. The minimum atomic E-state index is 0.118. The van der Waals surface area contributed by atoms with Crippen molar-refractivity contribution in [3.05, 3.63) is 24.4 Å². The molecular weight excluding hydrogens is 276 g/mol. The molecule has 1 saturated carbocycles. The van der Waals surface area contributed by atoms with Crippen LogP contribution in [0.4, 0.5) is 10.6 Å². The van der Waals surface area contributed by atoms with Gasteiger partial charge in [0.1, 0.15) is 5.82 Å². The number of nitrogens with one attached hydrogen (secondary N) is 1. The molecule has 0 radical (unpaired) electrons. The first-order valence-electron chi connectivity index (χ1n) is 8.54. The Morgan fingerprint density at radius 3 is 2.41 bits per heavy atom. The van der Waals surface area contributed by atoms with Crippen molar-refractivity contribution >= 4 is 11.8 Å². The van der Waals surface area contributed by atoms with Crippen LogP contribution in [-0.2, 0) is 0 Å². The number of amides is 2. The van der Waals surface area contributed by atoms with Gasteiger partial charge in [0.25, 0.3) is 0 Å². The highest BCUT2D eigenvalue weighted by atomic mass is 16.2. The Labute approximate surface area is 132 Å². The number of hydrogen-bond acceptors (Lipinski definition) is 3. The molecule has 2 heterocycles. The third-order valence-electron chi connectivity index (χ3n) is 4.72. The Hall–Kier alpha value is -1.78. The topological polar surface area (TPSA) is 48.5 Å². The summed E-state index contributed by atoms with van der Waals surface area (Å²) >= 11 is 0. The van der Waals surface area contributed by atoms with Crippen molar-refractivity contribution in [2.24, 2.45) is 0 Å². The average molecular weight is 302 g/mol. The van der Waals surface area contributed by atoms with Gasteiger partial charge in [0.05, 0.1) is 0 Å². The second-order valence-corrected chi connectivity index (χ2v) is 6.30. The van der Waals surface area contributed by atoms with E-state index >= 15 is 0 Å². The van der Waals surface area contributed by atoms with Gasteiger partial charge in [-0.2, -0.15) is 0 Å². The molecule has 0 bridgehead atoms. The summed E-state index contributed by atoms with van der Waals surface area (Å²) in [6.07, 6.45) is 9.22. The zero-order valence-electron chi connectivity index (χ0n) is 13.2. The predicted molar refractivity (Wildman–Crippen MR) is 88.0 cm³/mol. The second kappa shape index (κ2) is 7.47. The maximum Gasteiger partial charge on any atom is 0.317 e. The zero-order valence-corrected chi connectivity index (χ0v) is 13.2. The van der Waals surface area contributed by atoms with E-state index in [0.29, 0.717) is 6.04 Å². The molecule has 3 rings (SSSR count). The lowest BCUT2D eigenvalue weighted by Gasteiger charge is -2.36. The third kappa shape index (κ3) is 3.90. The van der Waals surface area contributed by atoms with Gasteiger partial charge in [0, 0.05) is 38.4 Å². The molecule has 1 aromatic heterocycles. The number of anilines is 1. The first-order valence-corrected chi connectivity index (χ1v) is 8.54. The highest BCUT2D eigenvalue weighted by molar-refractivity contribution is 5.74. The van der Waals surface area contributed by atoms with Crippen LogP contribution in [0, 0.1) is 0 Å². The highest BCUT2D eigenvalue weighted by Gasteiger charge is 2.23. The summed E-state index contributed by atoms with van der Waals surface area (Å²) in [4.78, 5) is 21.0. The van der Waals surface area contributed by atoms with E-state index in [4.69, 9.17) is 0 Å². The molecule has 1 aliphatic carbocycles. The average Bonchev–Trinajstić information content (AvgIpc) is 2.84. The van der Waals surface area contributed by atoms with E-state index in [1.807, 2.05) is 29.3 Å². The normalized spacial score (nSPS) is 20.5. The first-order chi connectivity index (χ1) is 10.8. The standard InChI is InChI=1S/C17H26N4O/c22-17(19-15-7-3-1-2-4-8-15)21-13-11-20(12-14-21)16-9-5-6-10-18-16/h5-6,9-10,15H,1-4,7-8,11-14H2,(H,19,22). The Morgan fingerprint density at radius 2 is 1.77 bits per heavy atom. The molecule has 1 saturated heterocycles. The number of hydrogen-bond donors (Lipinski definition) is 1. The quantitative estimate of drug-likeness (QED) is 0.854. The number of carbonyl (C=O) groups excluding carboxylic acids is 1. The number of pyridine rings is 1. The van der Waals surface area contributed by atoms with Crippen LogP contribution in [0.25, 0.3) is 0 Å². The third-order valence-corrected chi connectivity index (χ3v) is 4.72. The van der Waals surface area contributed by atoms with Crippen molar-refractivity contribution in [2.75, 3.05) is 31.1 Å². The van der Waals surface area contributed by atoms with Crippen LogP contribution in [-0.4, -0.2) is 48.1 Å². The maximum absolute atomic E-state index is 12.4. The SMILES string of the molecule is O=C(NC1CCCCCC1)N1CCN(c2ccccn2)CC1. The molecule has 0 atom stereocenters. The number of aromatic nitrogens is 1. The van der Waals surface area contributed by atoms with E-state index in [2.05, 4.69) is 15.2 Å². The van der Waals surface area contributed by atoms with Crippen LogP contribution in [0.15, 0.2) is 24.4 Å². The van der Waals surface area contributed by atoms with Crippen LogP contribution >= 0.6 is 0 Å². The molecule has 0 aromatic carbocycles. The van der Waals surface area contributed by atoms with Crippen molar-refractivity contribution < 1.29 is 4.79 Å². The fraction of sp³-hybridized carbons (Fsp3) is 0.647. The van der Waals surface area contributed by atoms with Crippen molar-refractivity contribution in [2.45, 2.75) is 44.6 Å². The van der Waals surface area contributed by atoms with E-state index in [-0.39, 0.29) is 6.03 Å². The largest absolute Gasteiger partial charge is 0.353 e. The van der Waals surface area contributed by atoms with E-state index in [1.54, 1.807) is 0 Å². The smallest absolute Gasteiger partial charge is 0.317 e. The van der Waals surface area contributed by atoms with Crippen molar-refractivity contribution in [3.8, 4) is 0 Å². The fourth-order valence-electron chi connectivity index (χ4n) is 3.37. The maximum atomic E-state index is 12.4. The Morgan fingerprint density at radius 1 is 1.05 bits per heavy atom. The molecule has 1 aromatic rings. The molecule has 1 N–H and O–H groups in total. The molecule has 2 amide bonds. The summed E-state index contributed by atoms with van der Waals surface area (Å²) in [7, 11) is 0. The van der Waals surface area contributed by atoms with Crippen LogP contribution in [0.1, 0.15) is 38.5 Å². The Balaban J connectivity index is 1.47. The highest BCUT2D eigenvalue weighted by Crippen LogP contribution is 2.18. The predicted octanol–water partition coefficient (Wildman–Crippen LogP) is 2.64. The summed E-state index contributed by atoms with van der Waals surface area (Å²) in [6.45, 7) is 3.26.